The second kappa shape index (κ2) is 4.87. The summed E-state index contributed by atoms with van der Waals surface area (Å²) >= 11 is 0. The number of rotatable bonds is 3. The third-order valence-electron chi connectivity index (χ3n) is 2.54. The summed E-state index contributed by atoms with van der Waals surface area (Å²) in [4.78, 5) is 22.4. The molecule has 0 bridgehead atoms. The van der Waals surface area contributed by atoms with Crippen LogP contribution in [0.2, 0.25) is 0 Å². The number of benzene rings is 1. The van der Waals surface area contributed by atoms with Crippen LogP contribution in [-0.4, -0.2) is 18.9 Å². The normalized spacial score (nSPS) is 10.1. The number of furan rings is 1. The summed E-state index contributed by atoms with van der Waals surface area (Å²) in [7, 11) is 1.34. The molecule has 92 valence electrons. The fourth-order valence-electron chi connectivity index (χ4n) is 1.57. The molecule has 18 heavy (non-hydrogen) atoms. The van der Waals surface area contributed by atoms with Crippen molar-refractivity contribution >= 4 is 11.8 Å². The Kier molecular flexibility index (Phi) is 3.28. The molecule has 1 aromatic heterocycles. The molecule has 0 fully saturated rings. The molecule has 0 aliphatic carbocycles. The molecule has 0 amide bonds. The van der Waals surface area contributed by atoms with Gasteiger partial charge in [-0.3, -0.25) is 4.79 Å². The third kappa shape index (κ3) is 2.32. The first-order valence-electron chi connectivity index (χ1n) is 5.41. The van der Waals surface area contributed by atoms with E-state index >= 15 is 0 Å². The van der Waals surface area contributed by atoms with Crippen LogP contribution in [0.1, 0.15) is 27.8 Å². The average Bonchev–Trinajstić information content (AvgIpc) is 2.88. The van der Waals surface area contributed by atoms with Crippen molar-refractivity contribution in [2.45, 2.75) is 6.92 Å². The molecule has 1 heterocycles. The Morgan fingerprint density at radius 1 is 1.06 bits per heavy atom. The first kappa shape index (κ1) is 12.1. The number of esters is 1. The number of methoxy groups -OCH3 is 1. The van der Waals surface area contributed by atoms with Gasteiger partial charge in [0.2, 0.25) is 0 Å². The molecule has 4 heteroatoms. The van der Waals surface area contributed by atoms with E-state index in [0.29, 0.717) is 17.1 Å². The van der Waals surface area contributed by atoms with Gasteiger partial charge in [-0.2, -0.15) is 0 Å². The van der Waals surface area contributed by atoms with E-state index < -0.39 is 0 Å². The van der Waals surface area contributed by atoms with Gasteiger partial charge in [-0.05, 0) is 24.3 Å². The van der Waals surface area contributed by atoms with Gasteiger partial charge in [-0.15, -0.1) is 0 Å². The summed E-state index contributed by atoms with van der Waals surface area (Å²) in [6.07, 6.45) is 0. The standard InChI is InChI=1S/C14H12O4/c1-9(15)12-7-8-13(18-12)10-3-5-11(6-4-10)14(16)17-2/h3-8H,1-2H3. The van der Waals surface area contributed by atoms with Crippen LogP contribution in [0.15, 0.2) is 40.8 Å². The minimum atomic E-state index is -0.384. The maximum absolute atomic E-state index is 11.3. The molecule has 2 aromatic rings. The first-order valence-corrected chi connectivity index (χ1v) is 5.41. The topological polar surface area (TPSA) is 56.5 Å². The SMILES string of the molecule is COC(=O)c1ccc(-c2ccc(C(C)=O)o2)cc1. The van der Waals surface area contributed by atoms with Crippen LogP contribution in [0.25, 0.3) is 11.3 Å². The lowest BCUT2D eigenvalue weighted by Gasteiger charge is -2.00. The molecule has 0 N–H and O–H groups in total. The molecule has 4 nitrogen and oxygen atoms in total. The van der Waals surface area contributed by atoms with Crippen molar-refractivity contribution in [1.82, 2.24) is 0 Å². The Hall–Kier alpha value is -2.36. The predicted octanol–water partition coefficient (Wildman–Crippen LogP) is 2.94. The molecule has 0 saturated heterocycles. The van der Waals surface area contributed by atoms with Gasteiger partial charge in [0.1, 0.15) is 5.76 Å². The molecule has 0 spiro atoms. The highest BCUT2D eigenvalue weighted by Gasteiger charge is 2.09. The van der Waals surface area contributed by atoms with Crippen LogP contribution < -0.4 is 0 Å². The van der Waals surface area contributed by atoms with Gasteiger partial charge in [0.15, 0.2) is 11.5 Å². The molecule has 1 aromatic carbocycles. The summed E-state index contributed by atoms with van der Waals surface area (Å²) in [6.45, 7) is 1.45. The fraction of sp³-hybridized carbons (Fsp3) is 0.143. The number of ketones is 1. The highest BCUT2D eigenvalue weighted by atomic mass is 16.5. The second-order valence-electron chi connectivity index (χ2n) is 3.79. The third-order valence-corrected chi connectivity index (χ3v) is 2.54. The van der Waals surface area contributed by atoms with E-state index in [1.807, 2.05) is 0 Å². The molecule has 0 radical (unpaired) electrons. The zero-order chi connectivity index (χ0) is 13.1. The van der Waals surface area contributed by atoms with Gasteiger partial charge in [0.05, 0.1) is 12.7 Å². The van der Waals surface area contributed by atoms with Crippen molar-refractivity contribution in [2.75, 3.05) is 7.11 Å². The van der Waals surface area contributed by atoms with Crippen LogP contribution in [-0.2, 0) is 4.74 Å². The average molecular weight is 244 g/mol. The second-order valence-corrected chi connectivity index (χ2v) is 3.79. The lowest BCUT2D eigenvalue weighted by molar-refractivity contribution is 0.0600. The maximum atomic E-state index is 11.3. The number of carbonyl (C=O) groups is 2. The Morgan fingerprint density at radius 2 is 1.72 bits per heavy atom. The van der Waals surface area contributed by atoms with E-state index in [2.05, 4.69) is 4.74 Å². The molecule has 0 aliphatic rings. The van der Waals surface area contributed by atoms with E-state index in [0.717, 1.165) is 5.56 Å². The largest absolute Gasteiger partial charge is 0.465 e. The summed E-state index contributed by atoms with van der Waals surface area (Å²) in [5.74, 6) is 0.413. The van der Waals surface area contributed by atoms with Crippen molar-refractivity contribution < 1.29 is 18.7 Å². The van der Waals surface area contributed by atoms with Gasteiger partial charge in [0, 0.05) is 12.5 Å². The van der Waals surface area contributed by atoms with Gasteiger partial charge in [0.25, 0.3) is 0 Å². The minimum Gasteiger partial charge on any atom is -0.465 e. The maximum Gasteiger partial charge on any atom is 0.337 e. The van der Waals surface area contributed by atoms with Crippen LogP contribution in [0, 0.1) is 0 Å². The summed E-state index contributed by atoms with van der Waals surface area (Å²) < 4.78 is 10.0. The van der Waals surface area contributed by atoms with Crippen LogP contribution in [0.4, 0.5) is 0 Å². The summed E-state index contributed by atoms with van der Waals surface area (Å²) in [5.41, 5.74) is 1.27. The molecular weight excluding hydrogens is 232 g/mol. The molecule has 0 aliphatic heterocycles. The number of hydrogen-bond donors (Lipinski definition) is 0. The zero-order valence-corrected chi connectivity index (χ0v) is 10.1. The Balaban J connectivity index is 2.28. The monoisotopic (exact) mass is 244 g/mol. The van der Waals surface area contributed by atoms with Crippen LogP contribution in [0.5, 0.6) is 0 Å². The molecule has 2 rings (SSSR count). The summed E-state index contributed by atoms with van der Waals surface area (Å²) in [6, 6.07) is 10.1. The van der Waals surface area contributed by atoms with Crippen molar-refractivity contribution in [3.63, 3.8) is 0 Å². The van der Waals surface area contributed by atoms with E-state index in [1.54, 1.807) is 36.4 Å². The van der Waals surface area contributed by atoms with Crippen molar-refractivity contribution in [3.05, 3.63) is 47.7 Å². The van der Waals surface area contributed by atoms with Crippen molar-refractivity contribution in [1.29, 1.82) is 0 Å². The zero-order valence-electron chi connectivity index (χ0n) is 10.1. The van der Waals surface area contributed by atoms with Crippen molar-refractivity contribution in [2.24, 2.45) is 0 Å². The number of ether oxygens (including phenoxy) is 1. The van der Waals surface area contributed by atoms with E-state index in [9.17, 15) is 9.59 Å². The number of Topliss-reactive ketones (excluding diaryl/α,β-unsaturated/α-hetero) is 1. The highest BCUT2D eigenvalue weighted by Crippen LogP contribution is 2.22. The van der Waals surface area contributed by atoms with Crippen LogP contribution in [0.3, 0.4) is 0 Å². The van der Waals surface area contributed by atoms with Gasteiger partial charge in [-0.1, -0.05) is 12.1 Å². The Bertz CT molecular complexity index is 578. The smallest absolute Gasteiger partial charge is 0.337 e. The first-order chi connectivity index (χ1) is 8.61. The fourth-order valence-corrected chi connectivity index (χ4v) is 1.57. The lowest BCUT2D eigenvalue weighted by atomic mass is 10.1. The predicted molar refractivity (Wildman–Crippen MR) is 65.5 cm³/mol. The lowest BCUT2D eigenvalue weighted by Crippen LogP contribution is -2.00. The highest BCUT2D eigenvalue weighted by molar-refractivity contribution is 5.92. The van der Waals surface area contributed by atoms with E-state index in [4.69, 9.17) is 4.42 Å². The quantitative estimate of drug-likeness (QED) is 0.615. The molecular formula is C14H12O4. The van der Waals surface area contributed by atoms with E-state index in [1.165, 1.54) is 14.0 Å². The molecule has 0 unspecified atom stereocenters. The Labute approximate surface area is 104 Å². The molecule has 0 atom stereocenters. The Morgan fingerprint density at radius 3 is 2.22 bits per heavy atom. The van der Waals surface area contributed by atoms with Crippen molar-refractivity contribution in [3.8, 4) is 11.3 Å². The minimum absolute atomic E-state index is 0.118. The van der Waals surface area contributed by atoms with Gasteiger partial charge in [-0.25, -0.2) is 4.79 Å². The van der Waals surface area contributed by atoms with Gasteiger partial charge < -0.3 is 9.15 Å². The number of hydrogen-bond acceptors (Lipinski definition) is 4. The van der Waals surface area contributed by atoms with Gasteiger partial charge >= 0.3 is 5.97 Å². The summed E-state index contributed by atoms with van der Waals surface area (Å²) in [5, 5.41) is 0. The van der Waals surface area contributed by atoms with Crippen LogP contribution >= 0.6 is 0 Å². The number of carbonyl (C=O) groups excluding carboxylic acids is 2. The van der Waals surface area contributed by atoms with E-state index in [-0.39, 0.29) is 11.8 Å². The molecule has 0 saturated carbocycles.